The molecule has 63 heavy (non-hydrogen) atoms. The summed E-state index contributed by atoms with van der Waals surface area (Å²) in [7, 11) is 0. The standard InChI is InChI=1S/C43H46Cl2F2N8O8/c1-4-48-25-12-22-17-52(6-3)42(62)34-38(58)36(56)27(32(25)54(22)34)41(61)51-15-20-10-11-21(29(45)31(20)47)16-53-18-23-13-26(49-5-2)33-28(37(57)39(59)35(43(53)63)55(23)33)40(60)50-14-19-8-7-9-24(44)30(19)46/h7-11,22-26,30,48-49,58-59H,4-6,12-18H2,1-3H3,(H,50,60)(H,51,61)/t22-,23-,24?,25?,26+,30?/m1/s1. The van der Waals surface area contributed by atoms with Crippen molar-refractivity contribution in [3.05, 3.63) is 112 Å². The summed E-state index contributed by atoms with van der Waals surface area (Å²) < 4.78 is 33.8. The van der Waals surface area contributed by atoms with Gasteiger partial charge in [-0.1, -0.05) is 55.8 Å². The molecule has 6 N–H and O–H groups in total. The molecule has 4 amide bonds. The van der Waals surface area contributed by atoms with E-state index in [1.165, 1.54) is 33.8 Å². The smallest absolute Gasteiger partial charge is 0.274 e. The first-order valence-electron chi connectivity index (χ1n) is 20.9. The van der Waals surface area contributed by atoms with Crippen molar-refractivity contribution in [2.24, 2.45) is 0 Å². The number of carbonyl (C=O) groups excluding carboxylic acids is 4. The van der Waals surface area contributed by atoms with Crippen LogP contribution in [-0.2, 0) is 13.1 Å². The molecule has 0 saturated heterocycles. The molecule has 2 aromatic heterocycles. The SMILES string of the molecule is CCNC1C[C@@H]2CN(CC)C(=O)c3c(O)c(=O)c(C(=O)NCc4ccc(CN5C[C@H]6C[C@H](NCC)c7c(C(=O)NCC8=CC=CC(Cl)C8F)c(=O)c(O)c(n76)C5=O)c(Cl)c4F)c1n32. The number of allylic oxidation sites excluding steroid dienone is 3. The maximum Gasteiger partial charge on any atom is 0.274 e. The Morgan fingerprint density at radius 1 is 0.794 bits per heavy atom. The second kappa shape index (κ2) is 17.2. The number of pyridine rings is 2. The summed E-state index contributed by atoms with van der Waals surface area (Å²) in [4.78, 5) is 85.0. The number of amides is 4. The van der Waals surface area contributed by atoms with Crippen molar-refractivity contribution in [1.82, 2.24) is 40.2 Å². The van der Waals surface area contributed by atoms with Crippen molar-refractivity contribution in [3.8, 4) is 11.5 Å². The van der Waals surface area contributed by atoms with Crippen LogP contribution < -0.4 is 32.1 Å². The lowest BCUT2D eigenvalue weighted by atomic mass is 10.0. The number of hydrogen-bond acceptors (Lipinski definition) is 10. The average Bonchev–Trinajstić information content (AvgIpc) is 3.79. The van der Waals surface area contributed by atoms with Gasteiger partial charge in [-0.05, 0) is 44.0 Å². The number of rotatable bonds is 13. The van der Waals surface area contributed by atoms with Gasteiger partial charge in [-0.3, -0.25) is 28.8 Å². The van der Waals surface area contributed by atoms with Crippen LogP contribution in [0.3, 0.4) is 0 Å². The lowest BCUT2D eigenvalue weighted by Crippen LogP contribution is -2.44. The molecule has 5 aliphatic rings. The minimum Gasteiger partial charge on any atom is -0.503 e. The molecule has 20 heteroatoms. The van der Waals surface area contributed by atoms with Crippen molar-refractivity contribution < 1.29 is 38.2 Å². The maximum absolute atomic E-state index is 16.0. The van der Waals surface area contributed by atoms with Gasteiger partial charge in [0.05, 0.1) is 46.0 Å². The van der Waals surface area contributed by atoms with Gasteiger partial charge in [0.25, 0.3) is 23.6 Å². The van der Waals surface area contributed by atoms with Crippen molar-refractivity contribution in [1.29, 1.82) is 0 Å². The number of halogens is 4. The van der Waals surface area contributed by atoms with E-state index in [9.17, 15) is 43.4 Å². The van der Waals surface area contributed by atoms with Crippen molar-refractivity contribution in [2.45, 2.75) is 82.4 Å². The molecule has 0 bridgehead atoms. The Bertz CT molecular complexity index is 2650. The number of carbonyl (C=O) groups is 4. The summed E-state index contributed by atoms with van der Waals surface area (Å²) in [6, 6.07) is 0.972. The highest BCUT2D eigenvalue weighted by molar-refractivity contribution is 6.31. The van der Waals surface area contributed by atoms with Crippen LogP contribution in [0, 0.1) is 5.82 Å². The number of aromatic hydroxyl groups is 2. The number of alkyl halides is 2. The molecule has 0 saturated carbocycles. The third-order valence-corrected chi connectivity index (χ3v) is 13.3. The number of likely N-dealkylation sites (N-methyl/N-ethyl adjacent to an activating group) is 1. The van der Waals surface area contributed by atoms with E-state index < -0.39 is 88.0 Å². The molecule has 0 radical (unpaired) electrons. The number of nitrogens with one attached hydrogen (secondary N) is 4. The van der Waals surface area contributed by atoms with E-state index in [1.807, 2.05) is 13.8 Å². The lowest BCUT2D eigenvalue weighted by molar-refractivity contribution is 0.0647. The van der Waals surface area contributed by atoms with E-state index in [-0.39, 0.29) is 81.3 Å². The van der Waals surface area contributed by atoms with Crippen LogP contribution in [0.25, 0.3) is 0 Å². The second-order valence-electron chi connectivity index (χ2n) is 16.2. The molecule has 4 aliphatic heterocycles. The van der Waals surface area contributed by atoms with Crippen LogP contribution in [0.2, 0.25) is 5.02 Å². The van der Waals surface area contributed by atoms with Gasteiger partial charge >= 0.3 is 0 Å². The fourth-order valence-electron chi connectivity index (χ4n) is 9.68. The Kier molecular flexibility index (Phi) is 12.0. The number of aromatic nitrogens is 2. The molecule has 0 spiro atoms. The highest BCUT2D eigenvalue weighted by Crippen LogP contribution is 2.44. The Hall–Kier alpha value is -5.56. The number of benzene rings is 1. The molecule has 0 fully saturated rings. The van der Waals surface area contributed by atoms with Crippen LogP contribution in [0.4, 0.5) is 8.78 Å². The first kappa shape index (κ1) is 44.1. The van der Waals surface area contributed by atoms with Gasteiger partial charge in [0.15, 0.2) is 22.9 Å². The summed E-state index contributed by atoms with van der Waals surface area (Å²) in [6.07, 6.45) is 3.75. The van der Waals surface area contributed by atoms with Crippen LogP contribution in [0.5, 0.6) is 11.5 Å². The molecular formula is C43H46Cl2F2N8O8. The van der Waals surface area contributed by atoms with Crippen LogP contribution in [0.15, 0.2) is 45.5 Å². The summed E-state index contributed by atoms with van der Waals surface area (Å²) in [5, 5.41) is 32.7. The van der Waals surface area contributed by atoms with E-state index in [0.29, 0.717) is 39.0 Å². The molecule has 3 unspecified atom stereocenters. The van der Waals surface area contributed by atoms with Gasteiger partial charge in [-0.25, -0.2) is 8.78 Å². The highest BCUT2D eigenvalue weighted by Gasteiger charge is 2.47. The topological polar surface area (TPSA) is 207 Å². The molecule has 6 atom stereocenters. The van der Waals surface area contributed by atoms with Gasteiger partial charge in [-0.2, -0.15) is 0 Å². The zero-order chi connectivity index (χ0) is 45.2. The molecule has 3 aromatic rings. The zero-order valence-electron chi connectivity index (χ0n) is 34.6. The largest absolute Gasteiger partial charge is 0.503 e. The second-order valence-corrected chi connectivity index (χ2v) is 17.1. The Morgan fingerprint density at radius 2 is 1.30 bits per heavy atom. The molecule has 1 aliphatic carbocycles. The monoisotopic (exact) mass is 910 g/mol. The minimum atomic E-state index is -1.56. The lowest BCUT2D eigenvalue weighted by Gasteiger charge is -2.35. The molecule has 6 heterocycles. The summed E-state index contributed by atoms with van der Waals surface area (Å²) in [6.45, 7) is 6.26. The van der Waals surface area contributed by atoms with Crippen molar-refractivity contribution >= 4 is 46.8 Å². The van der Waals surface area contributed by atoms with Gasteiger partial charge in [-0.15, -0.1) is 11.6 Å². The fraction of sp³-hybridized carbons (Fsp3) is 0.442. The van der Waals surface area contributed by atoms with E-state index in [1.54, 1.807) is 22.5 Å². The molecule has 8 rings (SSSR count). The van der Waals surface area contributed by atoms with E-state index in [2.05, 4.69) is 21.3 Å². The normalized spacial score (nSPS) is 23.2. The van der Waals surface area contributed by atoms with Crippen LogP contribution >= 0.6 is 23.2 Å². The Balaban J connectivity index is 1.03. The van der Waals surface area contributed by atoms with E-state index in [0.717, 1.165) is 0 Å². The molecule has 334 valence electrons. The maximum atomic E-state index is 16.0. The zero-order valence-corrected chi connectivity index (χ0v) is 36.1. The highest BCUT2D eigenvalue weighted by atomic mass is 35.5. The fourth-order valence-corrected chi connectivity index (χ4v) is 10.2. The van der Waals surface area contributed by atoms with E-state index in [4.69, 9.17) is 23.2 Å². The Morgan fingerprint density at radius 3 is 1.84 bits per heavy atom. The minimum absolute atomic E-state index is 0.0437. The molecule has 16 nitrogen and oxygen atoms in total. The predicted octanol–water partition coefficient (Wildman–Crippen LogP) is 3.64. The van der Waals surface area contributed by atoms with Gasteiger partial charge in [0.1, 0.15) is 23.1 Å². The van der Waals surface area contributed by atoms with Crippen LogP contribution in [0.1, 0.15) is 122 Å². The van der Waals surface area contributed by atoms with Gasteiger partial charge in [0.2, 0.25) is 10.9 Å². The quantitative estimate of drug-likeness (QED) is 0.137. The Labute approximate surface area is 369 Å². The summed E-state index contributed by atoms with van der Waals surface area (Å²) >= 11 is 12.6. The summed E-state index contributed by atoms with van der Waals surface area (Å²) in [5.41, 5.74) is -2.53. The molecule has 1 aromatic carbocycles. The number of hydrogen-bond donors (Lipinski definition) is 6. The van der Waals surface area contributed by atoms with Gasteiger partial charge < -0.3 is 50.4 Å². The third-order valence-electron chi connectivity index (χ3n) is 12.6. The molecular weight excluding hydrogens is 865 g/mol. The van der Waals surface area contributed by atoms with Gasteiger partial charge in [0, 0.05) is 44.8 Å². The first-order valence-corrected chi connectivity index (χ1v) is 21.7. The predicted molar refractivity (Wildman–Crippen MR) is 228 cm³/mol. The first-order chi connectivity index (χ1) is 30.1. The van der Waals surface area contributed by atoms with Crippen LogP contribution in [-0.4, -0.2) is 104 Å². The number of nitrogens with zero attached hydrogens (tertiary/aromatic N) is 4. The average molecular weight is 912 g/mol. The van der Waals surface area contributed by atoms with Crippen molar-refractivity contribution in [3.63, 3.8) is 0 Å². The third kappa shape index (κ3) is 7.29. The van der Waals surface area contributed by atoms with Crippen molar-refractivity contribution in [2.75, 3.05) is 39.3 Å². The summed E-state index contributed by atoms with van der Waals surface area (Å²) in [5.74, 6) is -5.70. The van der Waals surface area contributed by atoms with E-state index >= 15 is 4.39 Å².